The van der Waals surface area contributed by atoms with E-state index in [-0.39, 0.29) is 11.3 Å². The number of rotatable bonds is 4. The molecule has 20 heavy (non-hydrogen) atoms. The van der Waals surface area contributed by atoms with Gasteiger partial charge in [-0.2, -0.15) is 0 Å². The minimum absolute atomic E-state index is 0.0794. The number of ether oxygens (including phenoxy) is 2. The van der Waals surface area contributed by atoms with Gasteiger partial charge in [-0.3, -0.25) is 0 Å². The van der Waals surface area contributed by atoms with Crippen LogP contribution in [0.15, 0.2) is 36.4 Å². The van der Waals surface area contributed by atoms with Gasteiger partial charge in [0.05, 0.1) is 14.2 Å². The van der Waals surface area contributed by atoms with Crippen molar-refractivity contribution in [3.05, 3.63) is 58.4 Å². The normalized spacial score (nSPS) is 12.1. The van der Waals surface area contributed by atoms with E-state index in [1.165, 1.54) is 26.4 Å². The van der Waals surface area contributed by atoms with Crippen LogP contribution >= 0.6 is 11.6 Å². The van der Waals surface area contributed by atoms with Gasteiger partial charge in [0.15, 0.2) is 11.5 Å². The first kappa shape index (κ1) is 14.6. The first-order valence-electron chi connectivity index (χ1n) is 5.92. The van der Waals surface area contributed by atoms with Gasteiger partial charge in [-0.1, -0.05) is 29.8 Å². The maximum atomic E-state index is 14.1. The van der Waals surface area contributed by atoms with Crippen LogP contribution < -0.4 is 9.47 Å². The van der Waals surface area contributed by atoms with Crippen molar-refractivity contribution in [1.82, 2.24) is 0 Å². The van der Waals surface area contributed by atoms with Crippen LogP contribution in [0, 0.1) is 5.82 Å². The summed E-state index contributed by atoms with van der Waals surface area (Å²) >= 11 is 6.02. The molecule has 1 unspecified atom stereocenters. The Morgan fingerprint density at radius 1 is 1.05 bits per heavy atom. The fourth-order valence-corrected chi connectivity index (χ4v) is 2.18. The fourth-order valence-electron chi connectivity index (χ4n) is 1.94. The minimum atomic E-state index is -1.18. The Kier molecular flexibility index (Phi) is 4.47. The SMILES string of the molecule is COc1cc(F)c(C(O)c2ccccc2Cl)cc1OC. The molecule has 3 nitrogen and oxygen atoms in total. The van der Waals surface area contributed by atoms with E-state index in [0.717, 1.165) is 0 Å². The summed E-state index contributed by atoms with van der Waals surface area (Å²) in [6.07, 6.45) is -1.18. The Balaban J connectivity index is 2.50. The summed E-state index contributed by atoms with van der Waals surface area (Å²) in [6, 6.07) is 9.32. The highest BCUT2D eigenvalue weighted by molar-refractivity contribution is 6.31. The average molecular weight is 297 g/mol. The molecule has 2 aromatic carbocycles. The molecule has 0 amide bonds. The van der Waals surface area contributed by atoms with E-state index in [9.17, 15) is 9.50 Å². The van der Waals surface area contributed by atoms with E-state index in [1.807, 2.05) is 0 Å². The monoisotopic (exact) mass is 296 g/mol. The summed E-state index contributed by atoms with van der Waals surface area (Å²) in [4.78, 5) is 0. The molecule has 0 bridgehead atoms. The Morgan fingerprint density at radius 3 is 2.25 bits per heavy atom. The van der Waals surface area contributed by atoms with Gasteiger partial charge in [-0.05, 0) is 12.1 Å². The van der Waals surface area contributed by atoms with Crippen molar-refractivity contribution in [1.29, 1.82) is 0 Å². The molecule has 0 aliphatic heterocycles. The largest absolute Gasteiger partial charge is 0.493 e. The van der Waals surface area contributed by atoms with Crippen LogP contribution in [0.1, 0.15) is 17.2 Å². The lowest BCUT2D eigenvalue weighted by Crippen LogP contribution is -2.05. The van der Waals surface area contributed by atoms with E-state index >= 15 is 0 Å². The third-order valence-electron chi connectivity index (χ3n) is 3.00. The van der Waals surface area contributed by atoms with Crippen LogP contribution in [0.2, 0.25) is 5.02 Å². The molecule has 0 radical (unpaired) electrons. The molecule has 0 spiro atoms. The Morgan fingerprint density at radius 2 is 1.65 bits per heavy atom. The summed E-state index contributed by atoms with van der Waals surface area (Å²) in [7, 11) is 2.86. The van der Waals surface area contributed by atoms with Crippen molar-refractivity contribution in [2.45, 2.75) is 6.10 Å². The number of aliphatic hydroxyl groups excluding tert-OH is 1. The summed E-state index contributed by atoms with van der Waals surface area (Å²) < 4.78 is 24.2. The van der Waals surface area contributed by atoms with Crippen molar-refractivity contribution >= 4 is 11.6 Å². The van der Waals surface area contributed by atoms with Crippen LogP contribution in [0.4, 0.5) is 4.39 Å². The molecule has 106 valence electrons. The second-order valence-electron chi connectivity index (χ2n) is 4.15. The summed E-state index contributed by atoms with van der Waals surface area (Å²) in [5.41, 5.74) is 0.510. The number of benzene rings is 2. The van der Waals surface area contributed by atoms with E-state index in [4.69, 9.17) is 21.1 Å². The topological polar surface area (TPSA) is 38.7 Å². The predicted molar refractivity (Wildman–Crippen MR) is 75.0 cm³/mol. The lowest BCUT2D eigenvalue weighted by Gasteiger charge is -2.16. The van der Waals surface area contributed by atoms with Gasteiger partial charge in [0, 0.05) is 22.2 Å². The zero-order valence-corrected chi connectivity index (χ0v) is 11.8. The summed E-state index contributed by atoms with van der Waals surface area (Å²) in [5, 5.41) is 10.7. The zero-order chi connectivity index (χ0) is 14.7. The maximum absolute atomic E-state index is 14.1. The molecule has 0 aliphatic carbocycles. The highest BCUT2D eigenvalue weighted by atomic mass is 35.5. The molecule has 1 atom stereocenters. The van der Waals surface area contributed by atoms with Crippen molar-refractivity contribution in [3.8, 4) is 11.5 Å². The highest BCUT2D eigenvalue weighted by Gasteiger charge is 2.20. The van der Waals surface area contributed by atoms with Crippen LogP contribution in [0.5, 0.6) is 11.5 Å². The Bertz CT molecular complexity index is 616. The Labute approximate surface area is 121 Å². The van der Waals surface area contributed by atoms with E-state index in [1.54, 1.807) is 24.3 Å². The number of halogens is 2. The molecule has 0 aromatic heterocycles. The van der Waals surface area contributed by atoms with Gasteiger partial charge >= 0.3 is 0 Å². The van der Waals surface area contributed by atoms with Gasteiger partial charge in [-0.25, -0.2) is 4.39 Å². The van der Waals surface area contributed by atoms with Gasteiger partial charge in [-0.15, -0.1) is 0 Å². The van der Waals surface area contributed by atoms with Crippen LogP contribution in [-0.2, 0) is 0 Å². The molecule has 1 N–H and O–H groups in total. The van der Waals surface area contributed by atoms with E-state index in [2.05, 4.69) is 0 Å². The van der Waals surface area contributed by atoms with E-state index < -0.39 is 11.9 Å². The molecule has 0 aliphatic rings. The van der Waals surface area contributed by atoms with Gasteiger partial charge in [0.2, 0.25) is 0 Å². The molecule has 0 heterocycles. The lowest BCUT2D eigenvalue weighted by atomic mass is 10.0. The summed E-state index contributed by atoms with van der Waals surface area (Å²) in [6.45, 7) is 0. The quantitative estimate of drug-likeness (QED) is 0.937. The molecular formula is C15H14ClFO3. The van der Waals surface area contributed by atoms with Crippen molar-refractivity contribution in [2.75, 3.05) is 14.2 Å². The minimum Gasteiger partial charge on any atom is -0.493 e. The molecular weight excluding hydrogens is 283 g/mol. The van der Waals surface area contributed by atoms with Crippen molar-refractivity contribution in [2.24, 2.45) is 0 Å². The number of hydrogen-bond acceptors (Lipinski definition) is 3. The van der Waals surface area contributed by atoms with Crippen molar-refractivity contribution < 1.29 is 19.0 Å². The van der Waals surface area contributed by atoms with Crippen molar-refractivity contribution in [3.63, 3.8) is 0 Å². The van der Waals surface area contributed by atoms with Gasteiger partial charge in [0.1, 0.15) is 11.9 Å². The molecule has 0 saturated heterocycles. The average Bonchev–Trinajstić information content (AvgIpc) is 2.46. The van der Waals surface area contributed by atoms with Gasteiger partial charge < -0.3 is 14.6 Å². The number of aliphatic hydroxyl groups is 1. The lowest BCUT2D eigenvalue weighted by molar-refractivity contribution is 0.214. The van der Waals surface area contributed by atoms with Crippen LogP contribution in [-0.4, -0.2) is 19.3 Å². The Hall–Kier alpha value is -1.78. The second kappa shape index (κ2) is 6.11. The third kappa shape index (κ3) is 2.71. The number of methoxy groups -OCH3 is 2. The fraction of sp³-hybridized carbons (Fsp3) is 0.200. The third-order valence-corrected chi connectivity index (χ3v) is 3.34. The predicted octanol–water partition coefficient (Wildman–Crippen LogP) is 3.58. The zero-order valence-electron chi connectivity index (χ0n) is 11.1. The molecule has 5 heteroatoms. The smallest absolute Gasteiger partial charge is 0.163 e. The molecule has 2 rings (SSSR count). The van der Waals surface area contributed by atoms with Crippen LogP contribution in [0.3, 0.4) is 0 Å². The summed E-state index contributed by atoms with van der Waals surface area (Å²) in [5.74, 6) is 0.0187. The molecule has 0 fully saturated rings. The molecule has 0 saturated carbocycles. The highest BCUT2D eigenvalue weighted by Crippen LogP contribution is 2.36. The standard InChI is InChI=1S/C15H14ClFO3/c1-19-13-7-10(12(17)8-14(13)20-2)15(18)9-5-3-4-6-11(9)16/h3-8,15,18H,1-2H3. The number of hydrogen-bond donors (Lipinski definition) is 1. The molecule has 2 aromatic rings. The van der Waals surface area contributed by atoms with Gasteiger partial charge in [0.25, 0.3) is 0 Å². The first-order valence-corrected chi connectivity index (χ1v) is 6.30. The second-order valence-corrected chi connectivity index (χ2v) is 4.56. The first-order chi connectivity index (χ1) is 9.58. The van der Waals surface area contributed by atoms with Crippen LogP contribution in [0.25, 0.3) is 0 Å². The maximum Gasteiger partial charge on any atom is 0.163 e. The van der Waals surface area contributed by atoms with E-state index in [0.29, 0.717) is 16.3 Å².